The lowest BCUT2D eigenvalue weighted by Gasteiger charge is -2.13. The maximum absolute atomic E-state index is 11.6. The third-order valence-corrected chi connectivity index (χ3v) is 2.32. The predicted octanol–water partition coefficient (Wildman–Crippen LogP) is 2.38. The van der Waals surface area contributed by atoms with Crippen LogP contribution in [0, 0.1) is 0 Å². The molecule has 1 aromatic carbocycles. The summed E-state index contributed by atoms with van der Waals surface area (Å²) < 4.78 is 4.61. The van der Waals surface area contributed by atoms with E-state index < -0.39 is 0 Å². The highest BCUT2D eigenvalue weighted by Gasteiger charge is 2.04. The highest BCUT2D eigenvalue weighted by atomic mass is 16.5. The van der Waals surface area contributed by atoms with E-state index in [0.29, 0.717) is 11.5 Å². The molecule has 0 atom stereocenters. The number of nitrogens with zero attached hydrogens (tertiary/aromatic N) is 2. The molecule has 6 heteroatoms. The molecule has 0 aliphatic heterocycles. The molecule has 0 aliphatic rings. The molecule has 0 saturated heterocycles. The highest BCUT2D eigenvalue weighted by Crippen LogP contribution is 2.15. The second-order valence-corrected chi connectivity index (χ2v) is 3.91. The van der Waals surface area contributed by atoms with Gasteiger partial charge in [-0.05, 0) is 24.3 Å². The van der Waals surface area contributed by atoms with Crippen LogP contribution in [0.25, 0.3) is 0 Å². The number of carbonyl (C=O) groups excluding carboxylic acids is 1. The van der Waals surface area contributed by atoms with E-state index in [1.165, 1.54) is 6.26 Å². The third-order valence-electron chi connectivity index (χ3n) is 2.32. The second kappa shape index (κ2) is 5.22. The molecule has 2 amide bonds. The number of amides is 2. The molecule has 18 heavy (non-hydrogen) atoms. The van der Waals surface area contributed by atoms with Gasteiger partial charge in [0, 0.05) is 31.5 Å². The van der Waals surface area contributed by atoms with Crippen molar-refractivity contribution in [1.82, 2.24) is 5.16 Å². The van der Waals surface area contributed by atoms with Gasteiger partial charge in [-0.2, -0.15) is 0 Å². The van der Waals surface area contributed by atoms with E-state index in [2.05, 4.69) is 20.3 Å². The number of urea groups is 1. The highest BCUT2D eigenvalue weighted by molar-refractivity contribution is 5.99. The van der Waals surface area contributed by atoms with Crippen LogP contribution in [0.4, 0.5) is 22.0 Å². The summed E-state index contributed by atoms with van der Waals surface area (Å²) in [5.74, 6) is 0.373. The van der Waals surface area contributed by atoms with Crippen molar-refractivity contribution in [2.24, 2.45) is 0 Å². The fourth-order valence-corrected chi connectivity index (χ4v) is 1.40. The Bertz CT molecular complexity index is 505. The van der Waals surface area contributed by atoms with Gasteiger partial charge >= 0.3 is 6.03 Å². The second-order valence-electron chi connectivity index (χ2n) is 3.91. The summed E-state index contributed by atoms with van der Waals surface area (Å²) in [5.41, 5.74) is 1.78. The van der Waals surface area contributed by atoms with Gasteiger partial charge in [0.05, 0.1) is 0 Å². The van der Waals surface area contributed by atoms with E-state index in [1.807, 2.05) is 43.3 Å². The Morgan fingerprint density at radius 2 is 1.89 bits per heavy atom. The molecule has 0 fully saturated rings. The number of carbonyl (C=O) groups is 1. The van der Waals surface area contributed by atoms with E-state index in [9.17, 15) is 4.79 Å². The van der Waals surface area contributed by atoms with Crippen molar-refractivity contribution >= 4 is 23.2 Å². The van der Waals surface area contributed by atoms with Gasteiger partial charge in [-0.15, -0.1) is 0 Å². The van der Waals surface area contributed by atoms with Gasteiger partial charge in [-0.25, -0.2) is 4.79 Å². The zero-order valence-electron chi connectivity index (χ0n) is 10.2. The molecule has 94 valence electrons. The Labute approximate surface area is 105 Å². The Morgan fingerprint density at radius 3 is 2.44 bits per heavy atom. The summed E-state index contributed by atoms with van der Waals surface area (Å²) in [6.07, 6.45) is 1.39. The Morgan fingerprint density at radius 1 is 1.17 bits per heavy atom. The largest absolute Gasteiger partial charge is 0.378 e. The molecule has 0 bridgehead atoms. The minimum atomic E-state index is -0.360. The number of nitrogens with one attached hydrogen (secondary N) is 2. The summed E-state index contributed by atoms with van der Waals surface area (Å²) >= 11 is 0. The number of benzene rings is 1. The number of hydrogen-bond acceptors (Lipinski definition) is 4. The van der Waals surface area contributed by atoms with Crippen molar-refractivity contribution in [2.75, 3.05) is 29.6 Å². The molecule has 6 nitrogen and oxygen atoms in total. The maximum Gasteiger partial charge on any atom is 0.324 e. The van der Waals surface area contributed by atoms with Crippen LogP contribution in [0.3, 0.4) is 0 Å². The Kier molecular flexibility index (Phi) is 3.47. The van der Waals surface area contributed by atoms with Crippen LogP contribution in [0.1, 0.15) is 0 Å². The predicted molar refractivity (Wildman–Crippen MR) is 69.9 cm³/mol. The number of hydrogen-bond donors (Lipinski definition) is 2. The molecule has 2 N–H and O–H groups in total. The first-order valence-electron chi connectivity index (χ1n) is 5.41. The summed E-state index contributed by atoms with van der Waals surface area (Å²) in [4.78, 5) is 13.6. The van der Waals surface area contributed by atoms with Crippen LogP contribution in [-0.4, -0.2) is 25.3 Å². The van der Waals surface area contributed by atoms with Gasteiger partial charge < -0.3 is 14.7 Å². The first-order valence-corrected chi connectivity index (χ1v) is 5.41. The van der Waals surface area contributed by atoms with Crippen LogP contribution in [-0.2, 0) is 0 Å². The molecule has 2 aromatic rings. The lowest BCUT2D eigenvalue weighted by molar-refractivity contribution is 0.262. The summed E-state index contributed by atoms with van der Waals surface area (Å²) in [6.45, 7) is 0. The molecule has 1 aromatic heterocycles. The Hall–Kier alpha value is -2.50. The molecule has 1 heterocycles. The van der Waals surface area contributed by atoms with Crippen LogP contribution in [0.15, 0.2) is 41.1 Å². The van der Waals surface area contributed by atoms with E-state index in [1.54, 1.807) is 6.07 Å². The molecule has 0 spiro atoms. The average molecular weight is 246 g/mol. The molecule has 0 saturated carbocycles. The van der Waals surface area contributed by atoms with Crippen molar-refractivity contribution in [3.8, 4) is 0 Å². The molecule has 0 aliphatic carbocycles. The van der Waals surface area contributed by atoms with Crippen molar-refractivity contribution in [3.05, 3.63) is 36.6 Å². The standard InChI is InChI=1S/C12H14N4O2/c1-16(2)10-5-3-9(4-6-10)13-12(17)14-11-7-8-18-15-11/h3-8H,1-2H3,(H2,13,14,15,17). The third kappa shape index (κ3) is 3.00. The molecular weight excluding hydrogens is 232 g/mol. The minimum Gasteiger partial charge on any atom is -0.378 e. The number of anilines is 3. The number of aromatic nitrogens is 1. The minimum absolute atomic E-state index is 0.360. The van der Waals surface area contributed by atoms with Gasteiger partial charge in [0.2, 0.25) is 0 Å². The van der Waals surface area contributed by atoms with Crippen LogP contribution < -0.4 is 15.5 Å². The van der Waals surface area contributed by atoms with Gasteiger partial charge in [-0.3, -0.25) is 5.32 Å². The SMILES string of the molecule is CN(C)c1ccc(NC(=O)Nc2ccon2)cc1. The summed E-state index contributed by atoms with van der Waals surface area (Å²) in [5, 5.41) is 8.82. The molecule has 0 unspecified atom stereocenters. The summed E-state index contributed by atoms with van der Waals surface area (Å²) in [7, 11) is 3.92. The zero-order chi connectivity index (χ0) is 13.0. The molecule has 0 radical (unpaired) electrons. The van der Waals surface area contributed by atoms with Crippen molar-refractivity contribution in [3.63, 3.8) is 0 Å². The van der Waals surface area contributed by atoms with Crippen molar-refractivity contribution < 1.29 is 9.32 Å². The number of rotatable bonds is 3. The van der Waals surface area contributed by atoms with Crippen molar-refractivity contribution in [2.45, 2.75) is 0 Å². The smallest absolute Gasteiger partial charge is 0.324 e. The zero-order valence-corrected chi connectivity index (χ0v) is 10.2. The van der Waals surface area contributed by atoms with E-state index in [0.717, 1.165) is 5.69 Å². The van der Waals surface area contributed by atoms with Gasteiger partial charge in [-0.1, -0.05) is 5.16 Å². The Balaban J connectivity index is 1.95. The monoisotopic (exact) mass is 246 g/mol. The molecule has 2 rings (SSSR count). The maximum atomic E-state index is 11.6. The van der Waals surface area contributed by atoms with E-state index >= 15 is 0 Å². The normalized spacial score (nSPS) is 9.89. The first-order chi connectivity index (χ1) is 8.65. The average Bonchev–Trinajstić information content (AvgIpc) is 2.82. The topological polar surface area (TPSA) is 70.4 Å². The lowest BCUT2D eigenvalue weighted by atomic mass is 10.2. The molecular formula is C12H14N4O2. The van der Waals surface area contributed by atoms with E-state index in [4.69, 9.17) is 0 Å². The van der Waals surface area contributed by atoms with Crippen molar-refractivity contribution in [1.29, 1.82) is 0 Å². The fraction of sp³-hybridized carbons (Fsp3) is 0.167. The van der Waals surface area contributed by atoms with Crippen LogP contribution in [0.5, 0.6) is 0 Å². The summed E-state index contributed by atoms with van der Waals surface area (Å²) in [6, 6.07) is 8.71. The van der Waals surface area contributed by atoms with Gasteiger partial charge in [0.25, 0.3) is 0 Å². The fourth-order valence-electron chi connectivity index (χ4n) is 1.40. The van der Waals surface area contributed by atoms with Crippen LogP contribution in [0.2, 0.25) is 0 Å². The van der Waals surface area contributed by atoms with Gasteiger partial charge in [0.1, 0.15) is 6.26 Å². The van der Waals surface area contributed by atoms with E-state index in [-0.39, 0.29) is 6.03 Å². The lowest BCUT2D eigenvalue weighted by Crippen LogP contribution is -2.19. The first kappa shape index (κ1) is 12.0. The van der Waals surface area contributed by atoms with Crippen LogP contribution >= 0.6 is 0 Å². The quantitative estimate of drug-likeness (QED) is 0.872. The van der Waals surface area contributed by atoms with Gasteiger partial charge in [0.15, 0.2) is 5.82 Å².